The number of amides is 2. The maximum Gasteiger partial charge on any atom is 0.248 e. The van der Waals surface area contributed by atoms with Gasteiger partial charge in [0.25, 0.3) is 0 Å². The fraction of sp³-hybridized carbons (Fsp3) is 0.500. The van der Waals surface area contributed by atoms with E-state index in [-0.39, 0.29) is 76.3 Å². The molecule has 0 radical (unpaired) electrons. The van der Waals surface area contributed by atoms with Gasteiger partial charge in [0.15, 0.2) is 0 Å². The number of terminal acetylenes is 1. The van der Waals surface area contributed by atoms with Gasteiger partial charge in [0.1, 0.15) is 11.6 Å². The van der Waals surface area contributed by atoms with Gasteiger partial charge in [-0.15, -0.1) is 12.8 Å². The summed E-state index contributed by atoms with van der Waals surface area (Å²) in [4.78, 5) is 40.1. The van der Waals surface area contributed by atoms with Crippen molar-refractivity contribution in [1.82, 2.24) is 30.6 Å². The first kappa shape index (κ1) is 45.3. The Morgan fingerprint density at radius 1 is 0.732 bits per heavy atom. The molecule has 8 nitrogen and oxygen atoms in total. The number of benzene rings is 2. The Kier molecular flexibility index (Phi) is 17.2. The third-order valence-corrected chi connectivity index (χ3v) is 8.74. The van der Waals surface area contributed by atoms with Gasteiger partial charge < -0.3 is 20.6 Å². The number of rotatable bonds is 7. The molecule has 0 atom stereocenters. The second kappa shape index (κ2) is 21.3. The lowest BCUT2D eigenvalue weighted by atomic mass is 9.86. The monoisotopic (exact) mass is 776 g/mol. The number of fused-ring (bicyclic) bond motifs is 1. The van der Waals surface area contributed by atoms with Crippen LogP contribution in [0.25, 0.3) is 22.3 Å². The molecule has 0 unspecified atom stereocenters. The summed E-state index contributed by atoms with van der Waals surface area (Å²) in [6, 6.07) is 13.2. The highest BCUT2D eigenvalue weighted by atomic mass is 19.3. The van der Waals surface area contributed by atoms with E-state index in [9.17, 15) is 27.2 Å². The summed E-state index contributed by atoms with van der Waals surface area (Å²) in [5.74, 6) is 2.55. The van der Waals surface area contributed by atoms with Crippen LogP contribution in [0.1, 0.15) is 116 Å². The molecule has 2 amide bonds. The molecule has 2 aliphatic carbocycles. The number of nitrogens with one attached hydrogen (secondary N) is 4. The van der Waals surface area contributed by atoms with Gasteiger partial charge in [-0.25, -0.2) is 27.5 Å². The van der Waals surface area contributed by atoms with Crippen molar-refractivity contribution in [3.63, 3.8) is 0 Å². The zero-order valence-electron chi connectivity index (χ0n) is 33.4. The average molecular weight is 777 g/mol. The average Bonchev–Trinajstić information content (AvgIpc) is 3.79. The second-order valence-corrected chi connectivity index (χ2v) is 15.6. The molecular formula is C44H56F4N6O2. The molecule has 2 saturated carbocycles. The highest BCUT2D eigenvalue weighted by Gasteiger charge is 2.38. The summed E-state index contributed by atoms with van der Waals surface area (Å²) in [6.45, 7) is 13.4. The van der Waals surface area contributed by atoms with Crippen LogP contribution in [0, 0.1) is 48.4 Å². The first-order chi connectivity index (χ1) is 26.5. The van der Waals surface area contributed by atoms with Gasteiger partial charge in [0, 0.05) is 48.6 Å². The molecule has 0 saturated heterocycles. The van der Waals surface area contributed by atoms with Gasteiger partial charge in [0.2, 0.25) is 23.7 Å². The minimum Gasteiger partial charge on any atom is -0.349 e. The Balaban J connectivity index is 0.000000759. The summed E-state index contributed by atoms with van der Waals surface area (Å²) >= 11 is 0. The van der Waals surface area contributed by atoms with Crippen LogP contribution in [0.3, 0.4) is 0 Å². The number of carbonyl (C=O) groups excluding carboxylic acids is 2. The van der Waals surface area contributed by atoms with Crippen LogP contribution in [0.4, 0.5) is 17.6 Å². The normalized spacial score (nSPS) is 16.2. The van der Waals surface area contributed by atoms with E-state index in [1.807, 2.05) is 42.5 Å². The predicted octanol–water partition coefficient (Wildman–Crippen LogP) is 9.81. The van der Waals surface area contributed by atoms with Crippen LogP contribution in [-0.2, 0) is 22.7 Å². The third kappa shape index (κ3) is 15.2. The van der Waals surface area contributed by atoms with Gasteiger partial charge >= 0.3 is 0 Å². The van der Waals surface area contributed by atoms with Crippen molar-refractivity contribution in [2.75, 3.05) is 0 Å². The fourth-order valence-corrected chi connectivity index (χ4v) is 5.94. The van der Waals surface area contributed by atoms with Crippen LogP contribution in [0.2, 0.25) is 0 Å². The van der Waals surface area contributed by atoms with Crippen molar-refractivity contribution in [2.45, 2.75) is 118 Å². The second-order valence-electron chi connectivity index (χ2n) is 15.6. The molecule has 12 heteroatoms. The van der Waals surface area contributed by atoms with Gasteiger partial charge in [-0.1, -0.05) is 65.5 Å². The number of nitrogens with zero attached hydrogens (tertiary/aromatic N) is 2. The summed E-state index contributed by atoms with van der Waals surface area (Å²) < 4.78 is 53.5. The van der Waals surface area contributed by atoms with E-state index in [0.29, 0.717) is 11.6 Å². The zero-order valence-corrected chi connectivity index (χ0v) is 33.4. The molecule has 0 bridgehead atoms. The van der Waals surface area contributed by atoms with E-state index in [4.69, 9.17) is 0 Å². The Bertz CT molecular complexity index is 1900. The van der Waals surface area contributed by atoms with Crippen molar-refractivity contribution in [3.05, 3.63) is 71.4 Å². The molecule has 2 heterocycles. The minimum atomic E-state index is -2.67. The van der Waals surface area contributed by atoms with Crippen LogP contribution >= 0.6 is 0 Å². The number of carbonyl (C=O) groups is 2. The van der Waals surface area contributed by atoms with Gasteiger partial charge in [0.05, 0.1) is 36.0 Å². The van der Waals surface area contributed by atoms with Crippen molar-refractivity contribution in [1.29, 1.82) is 0 Å². The van der Waals surface area contributed by atoms with E-state index in [1.165, 1.54) is 0 Å². The molecular weight excluding hydrogens is 721 g/mol. The Hall–Kier alpha value is -5.10. The molecule has 0 aliphatic heterocycles. The topological polar surface area (TPSA) is 116 Å². The van der Waals surface area contributed by atoms with Crippen LogP contribution in [0.15, 0.2) is 48.7 Å². The van der Waals surface area contributed by atoms with Crippen LogP contribution in [0.5, 0.6) is 0 Å². The molecule has 56 heavy (non-hydrogen) atoms. The van der Waals surface area contributed by atoms with Crippen molar-refractivity contribution >= 4 is 22.8 Å². The third-order valence-electron chi connectivity index (χ3n) is 8.74. The highest BCUT2D eigenvalue weighted by Crippen LogP contribution is 2.37. The Morgan fingerprint density at radius 2 is 1.18 bits per heavy atom. The van der Waals surface area contributed by atoms with Crippen LogP contribution in [-0.4, -0.2) is 43.6 Å². The lowest BCUT2D eigenvalue weighted by Gasteiger charge is -2.27. The molecule has 302 valence electrons. The molecule has 0 spiro atoms. The number of hydrogen-bond acceptors (Lipinski definition) is 4. The van der Waals surface area contributed by atoms with Crippen LogP contribution < -0.4 is 10.6 Å². The predicted molar refractivity (Wildman–Crippen MR) is 215 cm³/mol. The van der Waals surface area contributed by atoms with E-state index in [1.54, 1.807) is 6.20 Å². The quantitative estimate of drug-likeness (QED) is 0.111. The maximum atomic E-state index is 13.4. The molecule has 6 rings (SSSR count). The Morgan fingerprint density at radius 3 is 1.68 bits per heavy atom. The largest absolute Gasteiger partial charge is 0.349 e. The van der Waals surface area contributed by atoms with Crippen molar-refractivity contribution < 1.29 is 27.2 Å². The number of H-pyrrole nitrogens is 2. The summed E-state index contributed by atoms with van der Waals surface area (Å²) in [5.41, 5.74) is 4.76. The van der Waals surface area contributed by atoms with E-state index in [2.05, 4.69) is 96.8 Å². The van der Waals surface area contributed by atoms with Crippen molar-refractivity contribution in [3.8, 4) is 35.9 Å². The lowest BCUT2D eigenvalue weighted by molar-refractivity contribution is -0.130. The fourth-order valence-electron chi connectivity index (χ4n) is 5.94. The first-order valence-electron chi connectivity index (χ1n) is 19.3. The van der Waals surface area contributed by atoms with Crippen molar-refractivity contribution in [2.24, 2.45) is 23.7 Å². The minimum absolute atomic E-state index is 0.185. The summed E-state index contributed by atoms with van der Waals surface area (Å²) in [5, 5.41) is 5.61. The molecule has 2 aromatic carbocycles. The number of imidazole rings is 2. The molecule has 2 aliphatic rings. The van der Waals surface area contributed by atoms with E-state index in [0.717, 1.165) is 45.3 Å². The summed E-state index contributed by atoms with van der Waals surface area (Å²) in [6.07, 6.45) is 9.41. The molecule has 4 N–H and O–H groups in total. The maximum absolute atomic E-state index is 13.4. The number of aromatic amines is 2. The molecule has 2 fully saturated rings. The van der Waals surface area contributed by atoms with E-state index >= 15 is 0 Å². The zero-order chi connectivity index (χ0) is 41.5. The molecule has 2 aromatic heterocycles. The highest BCUT2D eigenvalue weighted by molar-refractivity contribution is 5.80. The van der Waals surface area contributed by atoms with Gasteiger partial charge in [-0.2, -0.15) is 0 Å². The number of halogens is 4. The Labute approximate surface area is 328 Å². The van der Waals surface area contributed by atoms with Gasteiger partial charge in [-0.3, -0.25) is 9.59 Å². The summed E-state index contributed by atoms with van der Waals surface area (Å²) in [7, 11) is 0. The van der Waals surface area contributed by atoms with E-state index < -0.39 is 23.7 Å². The SMILES string of the molecule is C#C.CC(C)C.CC(C)C.O=C(NCc1ncc(-c2ccc(C#Cc3ccc4nc(CNC(=O)C5CCC(F)(F)CC5)[nH]c4c3)cc2)[nH]1)C1CCC(F)(F)CC1. The number of alkyl halides is 4. The lowest BCUT2D eigenvalue weighted by Crippen LogP contribution is -2.35. The number of hydrogen-bond donors (Lipinski definition) is 4. The smallest absolute Gasteiger partial charge is 0.248 e. The van der Waals surface area contributed by atoms with Gasteiger partial charge in [-0.05, 0) is 73.4 Å². The standard InChI is InChI=1S/C34H34F4N6O2.2C4H10.C2H2/c35-33(36)13-9-24(10-14-33)31(45)40-19-29-39-18-28(44-29)23-6-3-21(4-7-23)1-2-22-5-8-26-27(17-22)43-30(42-26)20-41-32(46)25-11-15-34(37,38)16-12-25;2*1-4(2)3;1-2/h3-8,17-18,24-25H,9-16,19-20H2,(H,39,44)(H,40,45)(H,41,46)(H,42,43);2*4H,1-3H3;1-2H. The number of aromatic nitrogens is 4. The first-order valence-corrected chi connectivity index (χ1v) is 19.3. The molecule has 4 aromatic rings.